The highest BCUT2D eigenvalue weighted by atomic mass is 79.9. The summed E-state index contributed by atoms with van der Waals surface area (Å²) in [6, 6.07) is 2.21. The lowest BCUT2D eigenvalue weighted by atomic mass is 10.2. The molecule has 0 radical (unpaired) electrons. The van der Waals surface area contributed by atoms with Gasteiger partial charge in [0.05, 0.1) is 53.4 Å². The predicted molar refractivity (Wildman–Crippen MR) is 303 cm³/mol. The van der Waals surface area contributed by atoms with Crippen LogP contribution in [0.4, 0.5) is 0 Å². The third kappa shape index (κ3) is 46.4. The maximum Gasteiger partial charge on any atom is 0.334 e. The van der Waals surface area contributed by atoms with E-state index in [4.69, 9.17) is 17.7 Å². The van der Waals surface area contributed by atoms with E-state index >= 15 is 0 Å². The smallest absolute Gasteiger partial charge is 0.334 e. The van der Waals surface area contributed by atoms with Crippen molar-refractivity contribution >= 4 is 17.1 Å². The van der Waals surface area contributed by atoms with Crippen LogP contribution in [-0.2, 0) is 17.7 Å². The van der Waals surface area contributed by atoms with Crippen LogP contribution >= 0.6 is 0 Å². The van der Waals surface area contributed by atoms with Crippen molar-refractivity contribution < 1.29 is 60.6 Å². The molecule has 0 amide bonds. The Morgan fingerprint density at radius 1 is 0.304 bits per heavy atom. The summed E-state index contributed by atoms with van der Waals surface area (Å²) in [5, 5.41) is 0. The van der Waals surface area contributed by atoms with Crippen molar-refractivity contribution in [3.8, 4) is 0 Å². The Morgan fingerprint density at radius 3 is 0.768 bits per heavy atom. The number of allylic oxidation sites excluding steroid dienone is 8. The topological polar surface area (TPSA) is 36.9 Å². The number of nitrogens with zero attached hydrogens (tertiary/aromatic N) is 2. The number of hydrogen-bond acceptors (Lipinski definition) is 4. The first-order valence-electron chi connectivity index (χ1n) is 29.3. The minimum absolute atomic E-state index is 0. The van der Waals surface area contributed by atoms with Crippen molar-refractivity contribution in [2.24, 2.45) is 0 Å². The van der Waals surface area contributed by atoms with E-state index in [-0.39, 0.29) is 34.0 Å². The van der Waals surface area contributed by atoms with Gasteiger partial charge in [0.15, 0.2) is 0 Å². The molecule has 0 N–H and O–H groups in total. The van der Waals surface area contributed by atoms with E-state index in [2.05, 4.69) is 117 Å². The van der Waals surface area contributed by atoms with Gasteiger partial charge < -0.3 is 60.6 Å². The number of hydrogen-bond donors (Lipinski definition) is 0. The second-order valence-corrected chi connectivity index (χ2v) is 27.8. The van der Waals surface area contributed by atoms with Crippen LogP contribution in [0.3, 0.4) is 0 Å². The molecule has 0 aromatic carbocycles. The minimum atomic E-state index is -2.22. The Morgan fingerprint density at radius 2 is 0.536 bits per heavy atom. The molecule has 2 unspecified atom stereocenters. The largest absolute Gasteiger partial charge is 1.00 e. The van der Waals surface area contributed by atoms with E-state index in [1.807, 2.05) is 0 Å². The average Bonchev–Trinajstić information content (AvgIpc) is 3.32. The number of rotatable bonds is 52. The molecule has 10 heteroatoms. The molecule has 6 nitrogen and oxygen atoms in total. The van der Waals surface area contributed by atoms with Crippen LogP contribution in [0.5, 0.6) is 0 Å². The lowest BCUT2D eigenvalue weighted by Gasteiger charge is -2.37. The fraction of sp³-hybridized carbons (Fsp3) is 0.864. The van der Waals surface area contributed by atoms with Gasteiger partial charge in [-0.1, -0.05) is 128 Å². The van der Waals surface area contributed by atoms with E-state index < -0.39 is 17.1 Å². The van der Waals surface area contributed by atoms with Gasteiger partial charge in [0.25, 0.3) is 0 Å². The molecular weight excluding hydrogens is 1020 g/mol. The number of quaternary nitrogens is 2. The van der Waals surface area contributed by atoms with Crippen LogP contribution in [0.2, 0.25) is 25.2 Å². The molecule has 0 heterocycles. The van der Waals surface area contributed by atoms with Crippen molar-refractivity contribution in [3.05, 3.63) is 48.6 Å². The summed E-state index contributed by atoms with van der Waals surface area (Å²) in [7, 11) is 0.567. The zero-order valence-electron chi connectivity index (χ0n) is 47.9. The second-order valence-electron chi connectivity index (χ2n) is 21.1. The van der Waals surface area contributed by atoms with E-state index in [1.54, 1.807) is 0 Å². The quantitative estimate of drug-likeness (QED) is 0.0263. The highest BCUT2D eigenvalue weighted by Crippen LogP contribution is 2.23. The summed E-state index contributed by atoms with van der Waals surface area (Å²) in [6.07, 6.45) is 54.6. The third-order valence-corrected chi connectivity index (χ3v) is 20.1. The zero-order valence-corrected chi connectivity index (χ0v) is 53.1. The van der Waals surface area contributed by atoms with Crippen LogP contribution in [0, 0.1) is 0 Å². The van der Waals surface area contributed by atoms with Crippen LogP contribution < -0.4 is 34.0 Å². The molecule has 0 aliphatic heterocycles. The number of unbranched alkanes of at least 4 members (excludes halogenated alkanes) is 18. The van der Waals surface area contributed by atoms with Crippen molar-refractivity contribution in [3.63, 3.8) is 0 Å². The van der Waals surface area contributed by atoms with Crippen molar-refractivity contribution in [1.82, 2.24) is 0 Å². The Bertz CT molecular complexity index is 1050. The zero-order chi connectivity index (χ0) is 49.5. The molecule has 0 saturated heterocycles. The molecule has 0 aliphatic carbocycles. The fourth-order valence-electron chi connectivity index (χ4n) is 8.89. The van der Waals surface area contributed by atoms with Gasteiger partial charge >= 0.3 is 17.1 Å². The molecular formula is C59H120Br2N2O4Si2. The summed E-state index contributed by atoms with van der Waals surface area (Å²) in [5.74, 6) is 0. The Balaban J connectivity index is -0.0000218. The first-order valence-corrected chi connectivity index (χ1v) is 34.4. The molecule has 0 spiro atoms. The van der Waals surface area contributed by atoms with Crippen molar-refractivity contribution in [2.45, 2.75) is 253 Å². The maximum absolute atomic E-state index is 6.71. The first kappa shape index (κ1) is 73.4. The predicted octanol–water partition coefficient (Wildman–Crippen LogP) is 11.8. The molecule has 2 atom stereocenters. The van der Waals surface area contributed by atoms with Crippen LogP contribution in [0.1, 0.15) is 228 Å². The van der Waals surface area contributed by atoms with Gasteiger partial charge in [0, 0.05) is 32.8 Å². The van der Waals surface area contributed by atoms with Gasteiger partial charge in [0.1, 0.15) is 0 Å². The Kier molecular flexibility index (Phi) is 54.9. The van der Waals surface area contributed by atoms with E-state index in [0.717, 1.165) is 89.9 Å². The summed E-state index contributed by atoms with van der Waals surface area (Å²) in [4.78, 5) is 0. The normalized spacial score (nSPS) is 14.3. The fourth-order valence-corrected chi connectivity index (χ4v) is 13.7. The highest BCUT2D eigenvalue weighted by molar-refractivity contribution is 6.66. The molecule has 0 aromatic heterocycles. The summed E-state index contributed by atoms with van der Waals surface area (Å²) >= 11 is 0. The van der Waals surface area contributed by atoms with Gasteiger partial charge in [-0.25, -0.2) is 0 Å². The first-order chi connectivity index (χ1) is 32.5. The lowest BCUT2D eigenvalue weighted by Crippen LogP contribution is -3.00. The summed E-state index contributed by atoms with van der Waals surface area (Å²) in [5.41, 5.74) is 0. The monoisotopic (exact) mass is 1130 g/mol. The number of halogens is 2. The van der Waals surface area contributed by atoms with Crippen molar-refractivity contribution in [2.75, 3.05) is 79.8 Å². The minimum Gasteiger partial charge on any atom is -1.00 e. The molecule has 412 valence electrons. The maximum atomic E-state index is 6.71. The summed E-state index contributed by atoms with van der Waals surface area (Å²) < 4.78 is 29.2. The molecule has 0 aromatic rings. The third-order valence-electron chi connectivity index (χ3n) is 14.3. The highest BCUT2D eigenvalue weighted by Gasteiger charge is 2.33. The standard InChI is InChI=1S/C59H120N2O4Si2.2BrH/c1-11-17-21-25-29-33-37-43-54-62-66(9,63-55-44-38-34-30-26-22-18-12-2)58-47-41-50-60(7,15-5)52-49-53-61(8,16-6)51-42-48-59-67(10,64-56-45-39-35-31-27-23-19-13-3)65-57-46-40-36-32-28-24-20-14-4;;/h29-36H,11-28,37-59H2,1-10H3;2*1H/q+2;;/p-2/b33-29-,34-30-,35-31-,36-32-;;. The Labute approximate surface area is 456 Å². The van der Waals surface area contributed by atoms with Gasteiger partial charge in [-0.3, -0.25) is 0 Å². The summed E-state index contributed by atoms with van der Waals surface area (Å²) in [6.45, 7) is 29.3. The Hall–Kier alpha value is 0.114. The lowest BCUT2D eigenvalue weighted by molar-refractivity contribution is -0.926. The van der Waals surface area contributed by atoms with E-state index in [9.17, 15) is 0 Å². The molecule has 69 heavy (non-hydrogen) atoms. The molecule has 0 bridgehead atoms. The molecule has 0 fully saturated rings. The SMILES string of the molecule is CCCCC/C=C\CCCO[Si](C)(CCCC[N+](C)(CC)CCC[N+](C)(CC)CCCC[Si](C)(OCCC/C=C\CCCCC)OCCC/C=C\CCCCC)OCCC/C=C\CCCCC.[Br-].[Br-]. The van der Waals surface area contributed by atoms with Crippen molar-refractivity contribution in [1.29, 1.82) is 0 Å². The van der Waals surface area contributed by atoms with Crippen LogP contribution in [-0.4, -0.2) is 106 Å². The molecule has 0 aliphatic rings. The van der Waals surface area contributed by atoms with Crippen LogP contribution in [0.15, 0.2) is 48.6 Å². The molecule has 0 saturated carbocycles. The van der Waals surface area contributed by atoms with E-state index in [0.29, 0.717) is 0 Å². The van der Waals surface area contributed by atoms with E-state index in [1.165, 1.54) is 183 Å². The second kappa shape index (κ2) is 51.6. The van der Waals surface area contributed by atoms with Gasteiger partial charge in [0.2, 0.25) is 0 Å². The molecule has 0 rings (SSSR count). The van der Waals surface area contributed by atoms with Gasteiger partial charge in [-0.2, -0.15) is 0 Å². The van der Waals surface area contributed by atoms with Gasteiger partial charge in [-0.05, 0) is 167 Å². The van der Waals surface area contributed by atoms with Crippen LogP contribution in [0.25, 0.3) is 0 Å². The van der Waals surface area contributed by atoms with Gasteiger partial charge in [-0.15, -0.1) is 0 Å². The average molecular weight is 1140 g/mol.